The van der Waals surface area contributed by atoms with E-state index in [1.807, 2.05) is 24.3 Å². The van der Waals surface area contributed by atoms with Crippen molar-refractivity contribution in [3.63, 3.8) is 0 Å². The van der Waals surface area contributed by atoms with Crippen LogP contribution >= 0.6 is 0 Å². The smallest absolute Gasteiger partial charge is 0.246 e. The van der Waals surface area contributed by atoms with E-state index in [9.17, 15) is 13.2 Å². The van der Waals surface area contributed by atoms with Crippen LogP contribution in [0.4, 0.5) is 11.4 Å². The second-order valence-corrected chi connectivity index (χ2v) is 9.21. The number of hydrogen-bond acceptors (Lipinski definition) is 4. The number of carbonyl (C=O) groups is 1. The molecule has 0 saturated carbocycles. The predicted octanol–water partition coefficient (Wildman–Crippen LogP) is 2.86. The van der Waals surface area contributed by atoms with E-state index in [0.29, 0.717) is 25.3 Å². The summed E-state index contributed by atoms with van der Waals surface area (Å²) < 4.78 is 27.3. The first-order valence-corrected chi connectivity index (χ1v) is 11.2. The van der Waals surface area contributed by atoms with Crippen LogP contribution in [0.5, 0.6) is 0 Å². The molecule has 6 nitrogen and oxygen atoms in total. The van der Waals surface area contributed by atoms with Gasteiger partial charge in [-0.1, -0.05) is 30.7 Å². The SMILES string of the molecule is O=C(CNc1cccc(S(=O)(=O)N2CCCCC2)c1)N1CCc2ccccc21. The summed E-state index contributed by atoms with van der Waals surface area (Å²) >= 11 is 0. The second kappa shape index (κ2) is 7.93. The molecule has 28 heavy (non-hydrogen) atoms. The molecule has 0 atom stereocenters. The van der Waals surface area contributed by atoms with Gasteiger partial charge in [0.1, 0.15) is 0 Å². The molecule has 2 aliphatic rings. The number of para-hydroxylation sites is 1. The molecule has 0 aromatic heterocycles. The standard InChI is InChI=1S/C21H25N3O3S/c25-21(24-14-11-17-7-2-3-10-20(17)24)16-22-18-8-6-9-19(15-18)28(26,27)23-12-4-1-5-13-23/h2-3,6-10,15,22H,1,4-5,11-14,16H2. The molecule has 4 rings (SSSR count). The molecule has 1 amide bonds. The van der Waals surface area contributed by atoms with E-state index in [1.165, 1.54) is 5.56 Å². The summed E-state index contributed by atoms with van der Waals surface area (Å²) in [5.41, 5.74) is 2.79. The first-order chi connectivity index (χ1) is 13.6. The lowest BCUT2D eigenvalue weighted by atomic mass is 10.2. The summed E-state index contributed by atoms with van der Waals surface area (Å²) in [4.78, 5) is 14.7. The molecule has 2 aromatic rings. The van der Waals surface area contributed by atoms with Crippen LogP contribution in [-0.4, -0.2) is 44.8 Å². The number of benzene rings is 2. The van der Waals surface area contributed by atoms with Gasteiger partial charge < -0.3 is 10.2 Å². The second-order valence-electron chi connectivity index (χ2n) is 7.27. The number of nitrogens with one attached hydrogen (secondary N) is 1. The number of hydrogen-bond donors (Lipinski definition) is 1. The third-order valence-electron chi connectivity index (χ3n) is 5.42. The van der Waals surface area contributed by atoms with E-state index in [2.05, 4.69) is 5.32 Å². The molecule has 7 heteroatoms. The number of nitrogens with zero attached hydrogens (tertiary/aromatic N) is 2. The summed E-state index contributed by atoms with van der Waals surface area (Å²) in [7, 11) is -3.48. The summed E-state index contributed by atoms with van der Waals surface area (Å²) in [6.45, 7) is 1.96. The van der Waals surface area contributed by atoms with Crippen molar-refractivity contribution in [3.05, 3.63) is 54.1 Å². The van der Waals surface area contributed by atoms with Crippen LogP contribution < -0.4 is 10.2 Å². The highest BCUT2D eigenvalue weighted by molar-refractivity contribution is 7.89. The molecule has 0 unspecified atom stereocenters. The highest BCUT2D eigenvalue weighted by Crippen LogP contribution is 2.27. The van der Waals surface area contributed by atoms with Crippen LogP contribution in [0.3, 0.4) is 0 Å². The lowest BCUT2D eigenvalue weighted by Crippen LogP contribution is -2.35. The van der Waals surface area contributed by atoms with Gasteiger partial charge in [0.25, 0.3) is 0 Å². The third kappa shape index (κ3) is 3.77. The van der Waals surface area contributed by atoms with Gasteiger partial charge in [-0.2, -0.15) is 4.31 Å². The average Bonchev–Trinajstić information content (AvgIpc) is 3.17. The molecule has 0 radical (unpaired) electrons. The largest absolute Gasteiger partial charge is 0.376 e. The van der Waals surface area contributed by atoms with E-state index < -0.39 is 10.0 Å². The fourth-order valence-electron chi connectivity index (χ4n) is 3.89. The maximum atomic E-state index is 12.8. The van der Waals surface area contributed by atoms with Gasteiger partial charge in [-0.25, -0.2) is 8.42 Å². The number of amides is 1. The molecule has 1 N–H and O–H groups in total. The fraction of sp³-hybridized carbons (Fsp3) is 0.381. The zero-order chi connectivity index (χ0) is 19.6. The Labute approximate surface area is 166 Å². The molecule has 2 aromatic carbocycles. The first kappa shape index (κ1) is 19.0. The van der Waals surface area contributed by atoms with Crippen molar-refractivity contribution in [1.29, 1.82) is 0 Å². The third-order valence-corrected chi connectivity index (χ3v) is 7.31. The van der Waals surface area contributed by atoms with Gasteiger partial charge in [-0.3, -0.25) is 4.79 Å². The number of rotatable bonds is 5. The predicted molar refractivity (Wildman–Crippen MR) is 110 cm³/mol. The maximum Gasteiger partial charge on any atom is 0.246 e. The number of anilines is 2. The minimum atomic E-state index is -3.48. The minimum absolute atomic E-state index is 0.0192. The molecule has 2 aliphatic heterocycles. The fourth-order valence-corrected chi connectivity index (χ4v) is 5.45. The topological polar surface area (TPSA) is 69.7 Å². The monoisotopic (exact) mass is 399 g/mol. The van der Waals surface area contributed by atoms with Crippen molar-refractivity contribution in [2.24, 2.45) is 0 Å². The van der Waals surface area contributed by atoms with Crippen molar-refractivity contribution < 1.29 is 13.2 Å². The summed E-state index contributed by atoms with van der Waals surface area (Å²) in [6.07, 6.45) is 3.76. The average molecular weight is 400 g/mol. The molecule has 148 valence electrons. The quantitative estimate of drug-likeness (QED) is 0.839. The highest BCUT2D eigenvalue weighted by Gasteiger charge is 2.26. The van der Waals surface area contributed by atoms with Gasteiger partial charge in [0, 0.05) is 31.0 Å². The Morgan fingerprint density at radius 1 is 0.964 bits per heavy atom. The van der Waals surface area contributed by atoms with Crippen molar-refractivity contribution in [2.75, 3.05) is 36.4 Å². The lowest BCUT2D eigenvalue weighted by Gasteiger charge is -2.26. The van der Waals surface area contributed by atoms with Crippen molar-refractivity contribution >= 4 is 27.3 Å². The molecule has 1 saturated heterocycles. The zero-order valence-corrected chi connectivity index (χ0v) is 16.6. The van der Waals surface area contributed by atoms with E-state index in [1.54, 1.807) is 33.5 Å². The first-order valence-electron chi connectivity index (χ1n) is 9.78. The van der Waals surface area contributed by atoms with E-state index >= 15 is 0 Å². The molecule has 0 aliphatic carbocycles. The molecule has 0 spiro atoms. The number of piperidine rings is 1. The lowest BCUT2D eigenvalue weighted by molar-refractivity contribution is -0.116. The van der Waals surface area contributed by atoms with E-state index in [4.69, 9.17) is 0 Å². The van der Waals surface area contributed by atoms with E-state index in [0.717, 1.165) is 31.4 Å². The van der Waals surface area contributed by atoms with Crippen LogP contribution in [0.2, 0.25) is 0 Å². The van der Waals surface area contributed by atoms with Gasteiger partial charge in [0.05, 0.1) is 11.4 Å². The number of carbonyl (C=O) groups excluding carboxylic acids is 1. The van der Waals surface area contributed by atoms with Crippen LogP contribution in [0.1, 0.15) is 24.8 Å². The number of fused-ring (bicyclic) bond motifs is 1. The molecule has 0 bridgehead atoms. The molecular formula is C21H25N3O3S. The maximum absolute atomic E-state index is 12.8. The zero-order valence-electron chi connectivity index (χ0n) is 15.8. The van der Waals surface area contributed by atoms with Gasteiger partial charge in [-0.15, -0.1) is 0 Å². The van der Waals surface area contributed by atoms with Gasteiger partial charge in [-0.05, 0) is 49.1 Å². The van der Waals surface area contributed by atoms with Gasteiger partial charge >= 0.3 is 0 Å². The Balaban J connectivity index is 1.43. The molecule has 1 fully saturated rings. The minimum Gasteiger partial charge on any atom is -0.376 e. The Hall–Kier alpha value is -2.38. The van der Waals surface area contributed by atoms with Crippen LogP contribution in [0.15, 0.2) is 53.4 Å². The van der Waals surface area contributed by atoms with Crippen LogP contribution in [0, 0.1) is 0 Å². The summed E-state index contributed by atoms with van der Waals surface area (Å²) in [6, 6.07) is 14.7. The van der Waals surface area contributed by atoms with Gasteiger partial charge in [0.2, 0.25) is 15.9 Å². The molecule has 2 heterocycles. The van der Waals surface area contributed by atoms with Crippen LogP contribution in [0.25, 0.3) is 0 Å². The Morgan fingerprint density at radius 2 is 1.75 bits per heavy atom. The summed E-state index contributed by atoms with van der Waals surface area (Å²) in [5, 5.41) is 3.09. The van der Waals surface area contributed by atoms with Gasteiger partial charge in [0.15, 0.2) is 0 Å². The number of sulfonamides is 1. The Morgan fingerprint density at radius 3 is 2.57 bits per heavy atom. The molecular weight excluding hydrogens is 374 g/mol. The van der Waals surface area contributed by atoms with E-state index in [-0.39, 0.29) is 17.3 Å². The van der Waals surface area contributed by atoms with Crippen molar-refractivity contribution in [2.45, 2.75) is 30.6 Å². The van der Waals surface area contributed by atoms with Crippen molar-refractivity contribution in [1.82, 2.24) is 4.31 Å². The van der Waals surface area contributed by atoms with Crippen LogP contribution in [-0.2, 0) is 21.2 Å². The highest BCUT2D eigenvalue weighted by atomic mass is 32.2. The van der Waals surface area contributed by atoms with Crippen molar-refractivity contribution in [3.8, 4) is 0 Å². The normalized spacial score (nSPS) is 17.4. The Bertz CT molecular complexity index is 968. The Kier molecular flexibility index (Phi) is 5.37. The summed E-state index contributed by atoms with van der Waals surface area (Å²) in [5.74, 6) is -0.0192.